The monoisotopic (exact) mass is 389 g/mol. The molecule has 2 atom stereocenters. The van der Waals surface area contributed by atoms with Crippen molar-refractivity contribution >= 4 is 5.97 Å². The van der Waals surface area contributed by atoms with Gasteiger partial charge in [-0.3, -0.25) is 4.79 Å². The maximum absolute atomic E-state index is 12.0. The van der Waals surface area contributed by atoms with Crippen molar-refractivity contribution in [3.63, 3.8) is 0 Å². The average Bonchev–Trinajstić information content (AvgIpc) is 2.72. The van der Waals surface area contributed by atoms with Gasteiger partial charge in [0.05, 0.1) is 39.4 Å². The Bertz CT molecular complexity index is 767. The Morgan fingerprint density at radius 1 is 1.07 bits per heavy atom. The first-order valence-corrected chi connectivity index (χ1v) is 8.86. The summed E-state index contributed by atoms with van der Waals surface area (Å²) in [6.07, 6.45) is -0.922. The van der Waals surface area contributed by atoms with E-state index in [0.29, 0.717) is 22.8 Å². The van der Waals surface area contributed by atoms with Gasteiger partial charge in [-0.05, 0) is 36.2 Å². The molecule has 7 nitrogen and oxygen atoms in total. The van der Waals surface area contributed by atoms with Gasteiger partial charge in [0.2, 0.25) is 0 Å². The van der Waals surface area contributed by atoms with Crippen molar-refractivity contribution in [2.45, 2.75) is 24.5 Å². The van der Waals surface area contributed by atoms with Gasteiger partial charge < -0.3 is 29.8 Å². The number of aliphatic hydroxyl groups excluding tert-OH is 1. The van der Waals surface area contributed by atoms with Crippen LogP contribution in [-0.2, 0) is 15.1 Å². The molecule has 0 heterocycles. The van der Waals surface area contributed by atoms with E-state index in [1.165, 1.54) is 21.3 Å². The summed E-state index contributed by atoms with van der Waals surface area (Å²) in [5.74, 6) is 1.19. The minimum Gasteiger partial charge on any atom is -0.493 e. The molecule has 2 aromatic carbocycles. The summed E-state index contributed by atoms with van der Waals surface area (Å²) in [7, 11) is 4.35. The van der Waals surface area contributed by atoms with Crippen molar-refractivity contribution in [1.82, 2.24) is 0 Å². The Labute approximate surface area is 165 Å². The van der Waals surface area contributed by atoms with Crippen LogP contribution in [0.15, 0.2) is 48.5 Å². The van der Waals surface area contributed by atoms with Crippen LogP contribution in [0.3, 0.4) is 0 Å². The van der Waals surface area contributed by atoms with Gasteiger partial charge in [-0.2, -0.15) is 0 Å². The molecule has 0 saturated carbocycles. The van der Waals surface area contributed by atoms with Crippen LogP contribution in [0.2, 0.25) is 0 Å². The van der Waals surface area contributed by atoms with E-state index in [0.717, 1.165) is 0 Å². The summed E-state index contributed by atoms with van der Waals surface area (Å²) >= 11 is 0. The van der Waals surface area contributed by atoms with E-state index >= 15 is 0 Å². The van der Waals surface area contributed by atoms with Gasteiger partial charge in [-0.25, -0.2) is 0 Å². The number of para-hydroxylation sites is 1. The summed E-state index contributed by atoms with van der Waals surface area (Å²) < 4.78 is 21.0. The molecule has 2 rings (SSSR count). The number of methoxy groups -OCH3 is 3. The van der Waals surface area contributed by atoms with Gasteiger partial charge in [0.15, 0.2) is 11.5 Å². The van der Waals surface area contributed by atoms with Crippen LogP contribution in [0.1, 0.15) is 18.4 Å². The SMILES string of the molecule is COC(=O)C[C@@](N)(C[C@H](O)COc1ccccc1)c1ccc(OC)c(OC)c1. The van der Waals surface area contributed by atoms with Gasteiger partial charge in [-0.15, -0.1) is 0 Å². The third-order valence-electron chi connectivity index (χ3n) is 4.43. The Morgan fingerprint density at radius 2 is 1.75 bits per heavy atom. The van der Waals surface area contributed by atoms with Crippen LogP contribution in [-0.4, -0.2) is 45.1 Å². The zero-order chi connectivity index (χ0) is 20.6. The molecule has 28 heavy (non-hydrogen) atoms. The second-order valence-electron chi connectivity index (χ2n) is 6.46. The summed E-state index contributed by atoms with van der Waals surface area (Å²) in [5.41, 5.74) is 6.01. The van der Waals surface area contributed by atoms with E-state index in [1.54, 1.807) is 30.3 Å². The van der Waals surface area contributed by atoms with Crippen molar-refractivity contribution in [3.05, 3.63) is 54.1 Å². The molecular formula is C21H27NO6. The van der Waals surface area contributed by atoms with Gasteiger partial charge in [0, 0.05) is 0 Å². The number of hydrogen-bond donors (Lipinski definition) is 2. The van der Waals surface area contributed by atoms with Crippen molar-refractivity contribution in [3.8, 4) is 17.2 Å². The smallest absolute Gasteiger partial charge is 0.307 e. The zero-order valence-corrected chi connectivity index (χ0v) is 16.4. The molecule has 0 aromatic heterocycles. The van der Waals surface area contributed by atoms with E-state index in [4.69, 9.17) is 24.7 Å². The van der Waals surface area contributed by atoms with Gasteiger partial charge in [-0.1, -0.05) is 24.3 Å². The minimum atomic E-state index is -1.17. The number of rotatable bonds is 10. The van der Waals surface area contributed by atoms with Gasteiger partial charge in [0.1, 0.15) is 12.4 Å². The summed E-state index contributed by atoms with van der Waals surface area (Å²) in [4.78, 5) is 12.0. The number of benzene rings is 2. The highest BCUT2D eigenvalue weighted by atomic mass is 16.5. The molecule has 0 aliphatic heterocycles. The molecule has 0 radical (unpaired) electrons. The second kappa shape index (κ2) is 9.96. The predicted molar refractivity (Wildman–Crippen MR) is 105 cm³/mol. The Kier molecular flexibility index (Phi) is 7.66. The average molecular weight is 389 g/mol. The standard InChI is InChI=1S/C21H27NO6/c1-25-18-10-9-15(11-19(18)26-2)21(22,13-20(24)27-3)12-16(23)14-28-17-7-5-4-6-8-17/h4-11,16,23H,12-14,22H2,1-3H3/t16-,21-/m0/s1. The largest absolute Gasteiger partial charge is 0.493 e. The number of hydrogen-bond acceptors (Lipinski definition) is 7. The van der Waals surface area contributed by atoms with E-state index in [-0.39, 0.29) is 19.4 Å². The van der Waals surface area contributed by atoms with E-state index < -0.39 is 17.6 Å². The van der Waals surface area contributed by atoms with Crippen molar-refractivity contribution in [2.24, 2.45) is 5.73 Å². The van der Waals surface area contributed by atoms with Crippen LogP contribution in [0.25, 0.3) is 0 Å². The third-order valence-corrected chi connectivity index (χ3v) is 4.43. The number of carbonyl (C=O) groups is 1. The zero-order valence-electron chi connectivity index (χ0n) is 16.4. The number of ether oxygens (including phenoxy) is 4. The molecule has 7 heteroatoms. The summed E-state index contributed by atoms with van der Waals surface area (Å²) in [6, 6.07) is 14.3. The van der Waals surface area contributed by atoms with Crippen molar-refractivity contribution in [2.75, 3.05) is 27.9 Å². The fourth-order valence-electron chi connectivity index (χ4n) is 2.96. The second-order valence-corrected chi connectivity index (χ2v) is 6.46. The maximum atomic E-state index is 12.0. The number of nitrogens with two attached hydrogens (primary N) is 1. The van der Waals surface area contributed by atoms with Crippen LogP contribution >= 0.6 is 0 Å². The van der Waals surface area contributed by atoms with E-state index in [1.807, 2.05) is 18.2 Å². The molecule has 0 fully saturated rings. The van der Waals surface area contributed by atoms with Crippen molar-refractivity contribution in [1.29, 1.82) is 0 Å². The Hall–Kier alpha value is -2.77. The molecule has 0 spiro atoms. The van der Waals surface area contributed by atoms with Gasteiger partial charge in [0.25, 0.3) is 0 Å². The highest BCUT2D eigenvalue weighted by Gasteiger charge is 2.34. The van der Waals surface area contributed by atoms with Crippen LogP contribution in [0, 0.1) is 0 Å². The first-order valence-electron chi connectivity index (χ1n) is 8.86. The molecule has 0 saturated heterocycles. The molecule has 0 amide bonds. The number of aliphatic hydroxyl groups is 1. The number of carbonyl (C=O) groups excluding carboxylic acids is 1. The van der Waals surface area contributed by atoms with E-state index in [2.05, 4.69) is 0 Å². The lowest BCUT2D eigenvalue weighted by atomic mass is 9.82. The van der Waals surface area contributed by atoms with E-state index in [9.17, 15) is 9.90 Å². The lowest BCUT2D eigenvalue weighted by molar-refractivity contribution is -0.142. The molecule has 3 N–H and O–H groups in total. The summed E-state index contributed by atoms with van der Waals surface area (Å²) in [6.45, 7) is 0.0391. The highest BCUT2D eigenvalue weighted by Crippen LogP contribution is 2.35. The highest BCUT2D eigenvalue weighted by molar-refractivity contribution is 5.71. The lowest BCUT2D eigenvalue weighted by Crippen LogP contribution is -2.43. The van der Waals surface area contributed by atoms with Crippen LogP contribution < -0.4 is 19.9 Å². The molecule has 2 aromatic rings. The quantitative estimate of drug-likeness (QED) is 0.601. The number of esters is 1. The molecule has 0 bridgehead atoms. The van der Waals surface area contributed by atoms with Gasteiger partial charge >= 0.3 is 5.97 Å². The fourth-order valence-corrected chi connectivity index (χ4v) is 2.96. The lowest BCUT2D eigenvalue weighted by Gasteiger charge is -2.31. The predicted octanol–water partition coefficient (Wildman–Crippen LogP) is 2.25. The Balaban J connectivity index is 2.21. The Morgan fingerprint density at radius 3 is 2.36 bits per heavy atom. The van der Waals surface area contributed by atoms with Crippen LogP contribution in [0.5, 0.6) is 17.2 Å². The third kappa shape index (κ3) is 5.61. The first-order chi connectivity index (χ1) is 13.4. The molecular weight excluding hydrogens is 362 g/mol. The topological polar surface area (TPSA) is 100 Å². The molecule has 152 valence electrons. The van der Waals surface area contributed by atoms with Crippen LogP contribution in [0.4, 0.5) is 0 Å². The first kappa shape index (κ1) is 21.5. The molecule has 0 aliphatic rings. The minimum absolute atomic E-state index is 0.0391. The van der Waals surface area contributed by atoms with Crippen molar-refractivity contribution < 1.29 is 28.8 Å². The normalized spacial score (nSPS) is 13.9. The fraction of sp³-hybridized carbons (Fsp3) is 0.381. The summed E-state index contributed by atoms with van der Waals surface area (Å²) in [5, 5.41) is 10.5. The molecule has 0 aliphatic carbocycles. The molecule has 0 unspecified atom stereocenters. The maximum Gasteiger partial charge on any atom is 0.307 e.